The number of hydrogen-bond acceptors (Lipinski definition) is 7. The lowest BCUT2D eigenvalue weighted by molar-refractivity contribution is -0.277. The molecular formula is C18H17Cl3O7. The van der Waals surface area contributed by atoms with Gasteiger partial charge in [-0.1, -0.05) is 34.8 Å². The summed E-state index contributed by atoms with van der Waals surface area (Å²) in [6.45, 7) is -0.579. The first kappa shape index (κ1) is 21.4. The van der Waals surface area contributed by atoms with Crippen LogP contribution in [0.4, 0.5) is 0 Å². The van der Waals surface area contributed by atoms with Gasteiger partial charge in [-0.3, -0.25) is 0 Å². The van der Waals surface area contributed by atoms with Crippen LogP contribution in [0.3, 0.4) is 0 Å². The van der Waals surface area contributed by atoms with Crippen LogP contribution >= 0.6 is 34.8 Å². The number of aliphatic hydroxyl groups excluding tert-OH is 4. The first-order chi connectivity index (χ1) is 13.3. The van der Waals surface area contributed by atoms with Gasteiger partial charge in [0.15, 0.2) is 11.5 Å². The van der Waals surface area contributed by atoms with Gasteiger partial charge in [-0.2, -0.15) is 0 Å². The van der Waals surface area contributed by atoms with Crippen molar-refractivity contribution in [3.8, 4) is 17.2 Å². The Bertz CT molecular complexity index is 833. The van der Waals surface area contributed by atoms with Gasteiger partial charge in [0.05, 0.1) is 11.6 Å². The molecule has 10 heteroatoms. The van der Waals surface area contributed by atoms with E-state index in [4.69, 9.17) is 49.0 Å². The summed E-state index contributed by atoms with van der Waals surface area (Å²) in [5, 5.41) is 40.2. The summed E-state index contributed by atoms with van der Waals surface area (Å²) in [7, 11) is 0. The molecule has 0 unspecified atom stereocenters. The SMILES string of the molecule is OC[C@H]1O[C@H](Oc2cc(Cl)ccc2Oc2ccc(Cl)cc2Cl)[C@@H](O)[C@@H](O)[C@@H]1O. The predicted octanol–water partition coefficient (Wildman–Crippen LogP) is 2.62. The Hall–Kier alpha value is -1.29. The minimum atomic E-state index is -1.58. The van der Waals surface area contributed by atoms with Gasteiger partial charge >= 0.3 is 0 Å². The third-order valence-corrected chi connectivity index (χ3v) is 4.88. The zero-order valence-electron chi connectivity index (χ0n) is 14.2. The van der Waals surface area contributed by atoms with Crippen molar-refractivity contribution in [1.82, 2.24) is 0 Å². The summed E-state index contributed by atoms with van der Waals surface area (Å²) in [6.07, 6.45) is -7.16. The van der Waals surface area contributed by atoms with Crippen molar-refractivity contribution in [2.24, 2.45) is 0 Å². The lowest BCUT2D eigenvalue weighted by Gasteiger charge is -2.39. The summed E-state index contributed by atoms with van der Waals surface area (Å²) in [5.41, 5.74) is 0. The first-order valence-electron chi connectivity index (χ1n) is 8.19. The Balaban J connectivity index is 1.86. The van der Waals surface area contributed by atoms with Gasteiger partial charge < -0.3 is 34.6 Å². The highest BCUT2D eigenvalue weighted by Gasteiger charge is 2.45. The van der Waals surface area contributed by atoms with Gasteiger partial charge in [0.2, 0.25) is 6.29 Å². The summed E-state index contributed by atoms with van der Waals surface area (Å²) < 4.78 is 16.7. The van der Waals surface area contributed by atoms with Gasteiger partial charge in [-0.25, -0.2) is 0 Å². The quantitative estimate of drug-likeness (QED) is 0.553. The maximum atomic E-state index is 10.2. The molecule has 5 atom stereocenters. The van der Waals surface area contributed by atoms with Gasteiger partial charge in [0.25, 0.3) is 0 Å². The standard InChI is InChI=1S/C18H17Cl3O7/c19-8-1-3-11(10(21)5-8)26-12-4-2-9(20)6-13(12)27-18-17(25)16(24)15(23)14(7-22)28-18/h1-6,14-18,22-25H,7H2/t14-,15-,16+,17+,18+/m1/s1. The van der Waals surface area contributed by atoms with Gasteiger partial charge in [0, 0.05) is 16.1 Å². The van der Waals surface area contributed by atoms with Gasteiger partial charge in [-0.05, 0) is 30.3 Å². The predicted molar refractivity (Wildman–Crippen MR) is 102 cm³/mol. The number of benzene rings is 2. The number of rotatable bonds is 5. The van der Waals surface area contributed by atoms with Crippen molar-refractivity contribution in [2.45, 2.75) is 30.7 Å². The molecule has 0 aromatic heterocycles. The van der Waals surface area contributed by atoms with Crippen LogP contribution in [0, 0.1) is 0 Å². The Morgan fingerprint density at radius 2 is 1.46 bits per heavy atom. The topological polar surface area (TPSA) is 109 Å². The van der Waals surface area contributed by atoms with E-state index in [0.717, 1.165) is 0 Å². The molecule has 1 aliphatic heterocycles. The molecular weight excluding hydrogens is 435 g/mol. The summed E-state index contributed by atoms with van der Waals surface area (Å²) in [5.74, 6) is 0.584. The van der Waals surface area contributed by atoms with E-state index in [0.29, 0.717) is 15.8 Å². The fourth-order valence-electron chi connectivity index (χ4n) is 2.62. The average molecular weight is 452 g/mol. The lowest BCUT2D eigenvalue weighted by atomic mass is 9.99. The highest BCUT2D eigenvalue weighted by molar-refractivity contribution is 6.35. The van der Waals surface area contributed by atoms with E-state index in [1.54, 1.807) is 18.2 Å². The first-order valence-corrected chi connectivity index (χ1v) is 9.33. The number of hydrogen-bond donors (Lipinski definition) is 4. The monoisotopic (exact) mass is 450 g/mol. The Labute approximate surface area is 175 Å². The second kappa shape index (κ2) is 9.02. The minimum Gasteiger partial charge on any atom is -0.458 e. The largest absolute Gasteiger partial charge is 0.458 e. The van der Waals surface area contributed by atoms with Crippen LogP contribution in [-0.4, -0.2) is 57.7 Å². The van der Waals surface area contributed by atoms with Crippen molar-refractivity contribution < 1.29 is 34.6 Å². The van der Waals surface area contributed by atoms with Gasteiger partial charge in [0.1, 0.15) is 30.2 Å². The molecule has 2 aromatic carbocycles. The number of aliphatic hydroxyl groups is 4. The molecule has 0 spiro atoms. The van der Waals surface area contributed by atoms with Crippen molar-refractivity contribution >= 4 is 34.8 Å². The van der Waals surface area contributed by atoms with Crippen LogP contribution in [-0.2, 0) is 4.74 Å². The molecule has 0 bridgehead atoms. The molecule has 2 aromatic rings. The van der Waals surface area contributed by atoms with Crippen molar-refractivity contribution in [3.05, 3.63) is 51.5 Å². The molecule has 3 rings (SSSR count). The number of ether oxygens (including phenoxy) is 3. The van der Waals surface area contributed by atoms with Crippen molar-refractivity contribution in [1.29, 1.82) is 0 Å². The van der Waals surface area contributed by atoms with E-state index in [2.05, 4.69) is 0 Å². The smallest absolute Gasteiger partial charge is 0.229 e. The maximum Gasteiger partial charge on any atom is 0.229 e. The summed E-state index contributed by atoms with van der Waals surface area (Å²) in [6, 6.07) is 9.16. The molecule has 28 heavy (non-hydrogen) atoms. The van der Waals surface area contributed by atoms with Crippen LogP contribution < -0.4 is 9.47 Å². The van der Waals surface area contributed by atoms with Crippen LogP contribution in [0.2, 0.25) is 15.1 Å². The highest BCUT2D eigenvalue weighted by Crippen LogP contribution is 2.39. The molecule has 4 N–H and O–H groups in total. The second-order valence-corrected chi connectivity index (χ2v) is 7.36. The summed E-state index contributed by atoms with van der Waals surface area (Å²) >= 11 is 18.0. The Kier molecular flexibility index (Phi) is 6.90. The lowest BCUT2D eigenvalue weighted by Crippen LogP contribution is -2.60. The van der Waals surface area contributed by atoms with E-state index in [-0.39, 0.29) is 16.5 Å². The van der Waals surface area contributed by atoms with E-state index < -0.39 is 37.3 Å². The highest BCUT2D eigenvalue weighted by atomic mass is 35.5. The molecule has 0 radical (unpaired) electrons. The van der Waals surface area contributed by atoms with Gasteiger partial charge in [-0.15, -0.1) is 0 Å². The van der Waals surface area contributed by atoms with Crippen molar-refractivity contribution in [3.63, 3.8) is 0 Å². The molecule has 0 saturated carbocycles. The molecule has 1 aliphatic rings. The van der Waals surface area contributed by atoms with E-state index in [1.807, 2.05) is 0 Å². The summed E-state index contributed by atoms with van der Waals surface area (Å²) in [4.78, 5) is 0. The third kappa shape index (κ3) is 4.64. The fraction of sp³-hybridized carbons (Fsp3) is 0.333. The Morgan fingerprint density at radius 1 is 0.821 bits per heavy atom. The zero-order chi connectivity index (χ0) is 20.4. The van der Waals surface area contributed by atoms with Crippen LogP contribution in [0.15, 0.2) is 36.4 Å². The second-order valence-electron chi connectivity index (χ2n) is 6.08. The Morgan fingerprint density at radius 3 is 2.11 bits per heavy atom. The van der Waals surface area contributed by atoms with E-state index >= 15 is 0 Å². The fourth-order valence-corrected chi connectivity index (χ4v) is 3.23. The maximum absolute atomic E-state index is 10.2. The van der Waals surface area contributed by atoms with Crippen LogP contribution in [0.1, 0.15) is 0 Å². The third-order valence-electron chi connectivity index (χ3n) is 4.11. The molecule has 0 aliphatic carbocycles. The van der Waals surface area contributed by atoms with E-state index in [9.17, 15) is 20.4 Å². The zero-order valence-corrected chi connectivity index (χ0v) is 16.5. The van der Waals surface area contributed by atoms with Crippen LogP contribution in [0.25, 0.3) is 0 Å². The molecule has 1 saturated heterocycles. The normalized spacial score (nSPS) is 27.5. The molecule has 152 valence electrons. The number of halogens is 3. The van der Waals surface area contributed by atoms with E-state index in [1.165, 1.54) is 18.2 Å². The average Bonchev–Trinajstić information content (AvgIpc) is 2.66. The molecule has 1 fully saturated rings. The molecule has 7 nitrogen and oxygen atoms in total. The molecule has 1 heterocycles. The van der Waals surface area contributed by atoms with Crippen LogP contribution in [0.5, 0.6) is 17.2 Å². The van der Waals surface area contributed by atoms with Crippen molar-refractivity contribution in [2.75, 3.05) is 6.61 Å². The molecule has 0 amide bonds. The minimum absolute atomic E-state index is 0.0860.